The van der Waals surface area contributed by atoms with Crippen LogP contribution in [0.15, 0.2) is 42.7 Å². The highest BCUT2D eigenvalue weighted by atomic mass is 16.5. The Kier molecular flexibility index (Phi) is 6.94. The number of aliphatic hydroxyl groups excluding tert-OH is 1. The number of morpholine rings is 1. The fourth-order valence-electron chi connectivity index (χ4n) is 4.69. The van der Waals surface area contributed by atoms with Crippen molar-refractivity contribution in [1.29, 1.82) is 0 Å². The van der Waals surface area contributed by atoms with Gasteiger partial charge >= 0.3 is 0 Å². The predicted octanol–water partition coefficient (Wildman–Crippen LogP) is 1.79. The van der Waals surface area contributed by atoms with Crippen LogP contribution in [0.1, 0.15) is 24.3 Å². The van der Waals surface area contributed by atoms with Crippen molar-refractivity contribution >= 4 is 22.8 Å². The zero-order valence-corrected chi connectivity index (χ0v) is 19.1. The molecule has 4 heterocycles. The van der Waals surface area contributed by atoms with E-state index in [-0.39, 0.29) is 12.0 Å². The highest BCUT2D eigenvalue weighted by molar-refractivity contribution is 5.88. The summed E-state index contributed by atoms with van der Waals surface area (Å²) in [5.74, 6) is 0.934. The van der Waals surface area contributed by atoms with Crippen molar-refractivity contribution < 1.29 is 14.6 Å². The van der Waals surface area contributed by atoms with E-state index in [0.29, 0.717) is 38.0 Å². The molecule has 2 aliphatic rings. The molecule has 1 amide bonds. The average molecular weight is 463 g/mol. The molecule has 2 saturated heterocycles. The van der Waals surface area contributed by atoms with Gasteiger partial charge in [0.15, 0.2) is 5.82 Å². The van der Waals surface area contributed by atoms with E-state index in [2.05, 4.69) is 44.9 Å². The van der Waals surface area contributed by atoms with Crippen LogP contribution < -0.4 is 10.6 Å². The summed E-state index contributed by atoms with van der Waals surface area (Å²) in [6.45, 7) is 4.01. The number of fused-ring (bicyclic) bond motifs is 1. The minimum Gasteiger partial charge on any atom is -0.387 e. The third-order valence-electron chi connectivity index (χ3n) is 6.62. The molecule has 0 unspecified atom stereocenters. The number of likely N-dealkylation sites (tertiary alicyclic amines) is 1. The number of nitrogens with one attached hydrogen (secondary N) is 2. The summed E-state index contributed by atoms with van der Waals surface area (Å²) < 4.78 is 5.80. The number of rotatable bonds is 6. The van der Waals surface area contributed by atoms with E-state index in [9.17, 15) is 4.79 Å². The van der Waals surface area contributed by atoms with E-state index in [1.807, 2.05) is 6.07 Å². The lowest BCUT2D eigenvalue weighted by atomic mass is 9.88. The Morgan fingerprint density at radius 3 is 2.71 bits per heavy atom. The maximum absolute atomic E-state index is 11.7. The number of amides is 1. The van der Waals surface area contributed by atoms with Gasteiger partial charge in [0, 0.05) is 50.7 Å². The Balaban J connectivity index is 1.33. The Labute approximate surface area is 198 Å². The Hall–Kier alpha value is -3.14. The largest absolute Gasteiger partial charge is 0.387 e. The quantitative estimate of drug-likeness (QED) is 0.508. The third-order valence-corrected chi connectivity index (χ3v) is 6.62. The molecular weight excluding hydrogens is 432 g/mol. The molecule has 0 radical (unpaired) electrons. The van der Waals surface area contributed by atoms with Crippen molar-refractivity contribution in [2.75, 3.05) is 51.3 Å². The number of carbonyl (C=O) groups excluding carboxylic acids is 1. The van der Waals surface area contributed by atoms with Gasteiger partial charge in [-0.15, -0.1) is 0 Å². The van der Waals surface area contributed by atoms with Gasteiger partial charge in [-0.1, -0.05) is 24.3 Å². The first-order valence-corrected chi connectivity index (χ1v) is 11.9. The molecule has 9 heteroatoms. The minimum absolute atomic E-state index is 0.0873. The summed E-state index contributed by atoms with van der Waals surface area (Å²) in [5, 5.41) is 15.8. The molecule has 2 fully saturated rings. The Morgan fingerprint density at radius 2 is 1.97 bits per heavy atom. The highest BCUT2D eigenvalue weighted by Gasteiger charge is 2.23. The topological polar surface area (TPSA) is 112 Å². The van der Waals surface area contributed by atoms with Gasteiger partial charge in [0.25, 0.3) is 0 Å². The molecule has 178 valence electrons. The fourth-order valence-corrected chi connectivity index (χ4v) is 4.69. The maximum atomic E-state index is 11.7. The van der Waals surface area contributed by atoms with Crippen LogP contribution in [0, 0.1) is 0 Å². The summed E-state index contributed by atoms with van der Waals surface area (Å²) in [7, 11) is 0. The van der Waals surface area contributed by atoms with Crippen molar-refractivity contribution in [2.45, 2.75) is 24.9 Å². The van der Waals surface area contributed by atoms with E-state index >= 15 is 0 Å². The average Bonchev–Trinajstić information content (AvgIpc) is 2.92. The van der Waals surface area contributed by atoms with Crippen molar-refractivity contribution in [2.24, 2.45) is 0 Å². The zero-order chi connectivity index (χ0) is 23.3. The van der Waals surface area contributed by atoms with Crippen LogP contribution in [0.5, 0.6) is 0 Å². The van der Waals surface area contributed by atoms with Gasteiger partial charge in [0.2, 0.25) is 5.91 Å². The van der Waals surface area contributed by atoms with Crippen molar-refractivity contribution in [3.05, 3.63) is 48.3 Å². The molecule has 3 N–H and O–H groups in total. The van der Waals surface area contributed by atoms with Crippen LogP contribution in [-0.4, -0.2) is 82.9 Å². The van der Waals surface area contributed by atoms with Crippen LogP contribution >= 0.6 is 0 Å². The molecule has 0 spiro atoms. The molecule has 5 rings (SSSR count). The summed E-state index contributed by atoms with van der Waals surface area (Å²) in [4.78, 5) is 27.3. The Bertz CT molecular complexity index is 1130. The van der Waals surface area contributed by atoms with Crippen molar-refractivity contribution in [3.8, 4) is 11.3 Å². The molecule has 34 heavy (non-hydrogen) atoms. The van der Waals surface area contributed by atoms with Gasteiger partial charge in [0.05, 0.1) is 23.9 Å². The number of aliphatic hydroxyl groups is 1. The number of aromatic nitrogens is 3. The molecule has 3 aromatic rings. The van der Waals surface area contributed by atoms with Gasteiger partial charge in [-0.05, 0) is 30.4 Å². The van der Waals surface area contributed by atoms with Gasteiger partial charge in [-0.25, -0.2) is 9.97 Å². The van der Waals surface area contributed by atoms with E-state index < -0.39 is 6.61 Å². The van der Waals surface area contributed by atoms with Crippen LogP contribution in [0.2, 0.25) is 0 Å². The van der Waals surface area contributed by atoms with Crippen LogP contribution in [0.4, 0.5) is 5.82 Å². The molecule has 0 aliphatic carbocycles. The zero-order valence-electron chi connectivity index (χ0n) is 19.1. The number of hydrogen-bond acceptors (Lipinski definition) is 8. The highest BCUT2D eigenvalue weighted by Crippen LogP contribution is 2.31. The van der Waals surface area contributed by atoms with Gasteiger partial charge in [-0.3, -0.25) is 9.78 Å². The van der Waals surface area contributed by atoms with E-state index in [4.69, 9.17) is 14.8 Å². The van der Waals surface area contributed by atoms with E-state index in [0.717, 1.165) is 48.2 Å². The summed E-state index contributed by atoms with van der Waals surface area (Å²) in [6, 6.07) is 10.5. The molecule has 0 bridgehead atoms. The van der Waals surface area contributed by atoms with Crippen molar-refractivity contribution in [3.63, 3.8) is 0 Å². The molecule has 2 aliphatic heterocycles. The normalized spacial score (nSPS) is 19.3. The third kappa shape index (κ3) is 5.01. The maximum Gasteiger partial charge on any atom is 0.248 e. The number of piperidine rings is 1. The lowest BCUT2D eigenvalue weighted by molar-refractivity contribution is -0.135. The summed E-state index contributed by atoms with van der Waals surface area (Å²) >= 11 is 0. The van der Waals surface area contributed by atoms with Crippen LogP contribution in [0.25, 0.3) is 22.3 Å². The first-order chi connectivity index (χ1) is 16.7. The lowest BCUT2D eigenvalue weighted by Crippen LogP contribution is -2.42. The molecule has 1 atom stereocenters. The summed E-state index contributed by atoms with van der Waals surface area (Å²) in [5.41, 5.74) is 4.66. The number of nitrogens with zero attached hydrogens (tertiary/aromatic N) is 4. The minimum atomic E-state index is -0.413. The summed E-state index contributed by atoms with van der Waals surface area (Å²) in [6.07, 6.45) is 5.27. The molecule has 0 saturated carbocycles. The first kappa shape index (κ1) is 22.6. The number of benzene rings is 1. The predicted molar refractivity (Wildman–Crippen MR) is 130 cm³/mol. The second kappa shape index (κ2) is 10.4. The monoisotopic (exact) mass is 462 g/mol. The SMILES string of the molecule is O=C(CO)N1CCC(c2ccc(-c3cc4nccnc4c(NC[C@@H]4CNCCO4)n3)cc2)CC1. The number of carbonyl (C=O) groups is 1. The lowest BCUT2D eigenvalue weighted by Gasteiger charge is -2.32. The number of pyridine rings is 1. The number of anilines is 1. The second-order valence-electron chi connectivity index (χ2n) is 8.79. The Morgan fingerprint density at radius 1 is 1.18 bits per heavy atom. The number of hydrogen-bond donors (Lipinski definition) is 3. The molecule has 1 aromatic carbocycles. The number of ether oxygens (including phenoxy) is 1. The van der Waals surface area contributed by atoms with Gasteiger partial charge in [-0.2, -0.15) is 0 Å². The van der Waals surface area contributed by atoms with Gasteiger partial charge < -0.3 is 25.4 Å². The van der Waals surface area contributed by atoms with Crippen molar-refractivity contribution in [1.82, 2.24) is 25.2 Å². The van der Waals surface area contributed by atoms with Gasteiger partial charge in [0.1, 0.15) is 12.1 Å². The smallest absolute Gasteiger partial charge is 0.248 e. The standard InChI is InChI=1S/C25H30N6O3/c32-16-23(33)31-10-5-18(6-11-31)17-1-3-19(4-2-17)21-13-22-24(28-8-7-27-22)25(30-21)29-15-20-14-26-9-12-34-20/h1-4,7-8,13,18,20,26,32H,5-6,9-12,14-16H2,(H,29,30)/t20-/m0/s1. The molecule has 9 nitrogen and oxygen atoms in total. The van der Waals surface area contributed by atoms with E-state index in [1.54, 1.807) is 17.3 Å². The van der Waals surface area contributed by atoms with Crippen LogP contribution in [-0.2, 0) is 9.53 Å². The molecule has 2 aromatic heterocycles. The van der Waals surface area contributed by atoms with Crippen LogP contribution in [0.3, 0.4) is 0 Å². The first-order valence-electron chi connectivity index (χ1n) is 11.9. The van der Waals surface area contributed by atoms with E-state index in [1.165, 1.54) is 5.56 Å². The second-order valence-corrected chi connectivity index (χ2v) is 8.79. The molecular formula is C25H30N6O3. The fraction of sp³-hybridized carbons (Fsp3) is 0.440.